The third-order valence-corrected chi connectivity index (χ3v) is 4.60. The van der Waals surface area contributed by atoms with Crippen LogP contribution in [0.2, 0.25) is 0 Å². The lowest BCUT2D eigenvalue weighted by Gasteiger charge is -2.40. The Morgan fingerprint density at radius 1 is 0.893 bits per heavy atom. The maximum absolute atomic E-state index is 11.8. The van der Waals surface area contributed by atoms with Gasteiger partial charge in [0.15, 0.2) is 11.6 Å². The van der Waals surface area contributed by atoms with Crippen LogP contribution >= 0.6 is 0 Å². The van der Waals surface area contributed by atoms with Gasteiger partial charge < -0.3 is 24.4 Å². The molecular weight excluding hydrogens is 364 g/mol. The number of carbonyl (C=O) groups is 2. The van der Waals surface area contributed by atoms with Crippen molar-refractivity contribution >= 4 is 11.6 Å². The molecule has 1 aliphatic heterocycles. The molecule has 1 heterocycles. The fraction of sp³-hybridized carbons (Fsp3) is 0.333. The molecule has 0 bridgehead atoms. The molecule has 0 aromatic heterocycles. The molecule has 0 unspecified atom stereocenters. The zero-order valence-corrected chi connectivity index (χ0v) is 15.7. The van der Waals surface area contributed by atoms with Gasteiger partial charge >= 0.3 is 0 Å². The first-order chi connectivity index (χ1) is 13.3. The molecule has 0 saturated carbocycles. The summed E-state index contributed by atoms with van der Waals surface area (Å²) in [6, 6.07) is 9.30. The molecule has 148 valence electrons. The molecule has 1 aliphatic rings. The fourth-order valence-corrected chi connectivity index (χ4v) is 3.05. The van der Waals surface area contributed by atoms with Crippen molar-refractivity contribution in [3.05, 3.63) is 47.5 Å². The van der Waals surface area contributed by atoms with Crippen molar-refractivity contribution in [3.63, 3.8) is 0 Å². The predicted molar refractivity (Wildman–Crippen MR) is 100 cm³/mol. The van der Waals surface area contributed by atoms with E-state index < -0.39 is 5.41 Å². The predicted octanol–water partition coefficient (Wildman–Crippen LogP) is 2.98. The average molecular weight is 386 g/mol. The molecule has 7 nitrogen and oxygen atoms in total. The third kappa shape index (κ3) is 3.94. The smallest absolute Gasteiger partial charge is 0.167 e. The van der Waals surface area contributed by atoms with Gasteiger partial charge in [-0.25, -0.2) is 0 Å². The van der Waals surface area contributed by atoms with Crippen LogP contribution in [-0.2, 0) is 4.74 Å². The number of aromatic hydroxyl groups is 2. The highest BCUT2D eigenvalue weighted by molar-refractivity contribution is 6.00. The van der Waals surface area contributed by atoms with Gasteiger partial charge in [0.2, 0.25) is 0 Å². The van der Waals surface area contributed by atoms with Crippen molar-refractivity contribution in [2.75, 3.05) is 26.4 Å². The summed E-state index contributed by atoms with van der Waals surface area (Å²) in [7, 11) is 0. The minimum absolute atomic E-state index is 0.130. The molecule has 0 spiro atoms. The van der Waals surface area contributed by atoms with E-state index in [2.05, 4.69) is 0 Å². The minimum Gasteiger partial charge on any atom is -0.507 e. The molecule has 2 N–H and O–H groups in total. The Morgan fingerprint density at radius 3 is 1.64 bits per heavy atom. The molecule has 1 saturated heterocycles. The summed E-state index contributed by atoms with van der Waals surface area (Å²) >= 11 is 0. The van der Waals surface area contributed by atoms with E-state index >= 15 is 0 Å². The summed E-state index contributed by atoms with van der Waals surface area (Å²) in [5, 5.41) is 19.8. The van der Waals surface area contributed by atoms with Gasteiger partial charge in [0.1, 0.15) is 47.3 Å². The van der Waals surface area contributed by atoms with Gasteiger partial charge in [0, 0.05) is 0 Å². The normalized spacial score (nSPS) is 14.8. The van der Waals surface area contributed by atoms with Crippen molar-refractivity contribution in [2.45, 2.75) is 13.8 Å². The molecule has 0 aliphatic carbocycles. The lowest BCUT2D eigenvalue weighted by atomic mass is 9.88. The van der Waals surface area contributed by atoms with Gasteiger partial charge in [0.25, 0.3) is 0 Å². The van der Waals surface area contributed by atoms with Crippen LogP contribution in [0.15, 0.2) is 36.4 Å². The number of hydrogen-bond acceptors (Lipinski definition) is 7. The third-order valence-electron chi connectivity index (χ3n) is 4.60. The van der Waals surface area contributed by atoms with Gasteiger partial charge in [-0.3, -0.25) is 9.59 Å². The Balaban J connectivity index is 1.73. The number of benzene rings is 2. The summed E-state index contributed by atoms with van der Waals surface area (Å²) in [6.45, 7) is 3.89. The summed E-state index contributed by atoms with van der Waals surface area (Å²) < 4.78 is 17.0. The van der Waals surface area contributed by atoms with Crippen LogP contribution < -0.4 is 9.47 Å². The number of hydrogen-bond donors (Lipinski definition) is 2. The summed E-state index contributed by atoms with van der Waals surface area (Å²) in [6.07, 6.45) is 0. The van der Waals surface area contributed by atoms with Gasteiger partial charge in [-0.2, -0.15) is 0 Å². The molecule has 0 radical (unpaired) electrons. The largest absolute Gasteiger partial charge is 0.507 e. The number of ketones is 2. The number of carbonyl (C=O) groups excluding carboxylic acids is 2. The number of phenols is 2. The first-order valence-electron chi connectivity index (χ1n) is 8.82. The maximum Gasteiger partial charge on any atom is 0.167 e. The van der Waals surface area contributed by atoms with E-state index in [-0.39, 0.29) is 47.4 Å². The zero-order chi connectivity index (χ0) is 20.3. The zero-order valence-electron chi connectivity index (χ0n) is 15.7. The highest BCUT2D eigenvalue weighted by atomic mass is 16.5. The Hall–Kier alpha value is -3.06. The Bertz CT molecular complexity index is 830. The summed E-state index contributed by atoms with van der Waals surface area (Å²) in [4.78, 5) is 23.6. The lowest BCUT2D eigenvalue weighted by molar-refractivity contribution is -0.149. The molecule has 1 fully saturated rings. The molecule has 2 aromatic carbocycles. The maximum atomic E-state index is 11.8. The van der Waals surface area contributed by atoms with Crippen molar-refractivity contribution < 1.29 is 34.0 Å². The number of ether oxygens (including phenoxy) is 3. The molecule has 3 rings (SSSR count). The van der Waals surface area contributed by atoms with Crippen LogP contribution in [0, 0.1) is 5.41 Å². The molecule has 0 atom stereocenters. The van der Waals surface area contributed by atoms with Gasteiger partial charge in [0.05, 0.1) is 18.6 Å². The standard InChI is InChI=1S/C21H22O7/c1-13(22)19-15(24)5-3-7-17(19)27-11-21(9-26-10-21)12-28-18-8-4-6-16(25)20(18)14(2)23/h3-8,24-25H,9-12H2,1-2H3. The van der Waals surface area contributed by atoms with Gasteiger partial charge in [-0.05, 0) is 38.1 Å². The number of phenolic OH excluding ortho intramolecular Hbond substituents is 2. The van der Waals surface area contributed by atoms with Crippen molar-refractivity contribution in [1.82, 2.24) is 0 Å². The van der Waals surface area contributed by atoms with Gasteiger partial charge in [-0.1, -0.05) is 12.1 Å². The molecular formula is C21H22O7. The summed E-state index contributed by atoms with van der Waals surface area (Å²) in [5.74, 6) is -0.276. The van der Waals surface area contributed by atoms with Gasteiger partial charge in [-0.15, -0.1) is 0 Å². The highest BCUT2D eigenvalue weighted by Gasteiger charge is 2.41. The quantitative estimate of drug-likeness (QED) is 0.673. The van der Waals surface area contributed by atoms with Crippen molar-refractivity contribution in [1.29, 1.82) is 0 Å². The molecule has 7 heteroatoms. The van der Waals surface area contributed by atoms with Crippen LogP contribution in [0.1, 0.15) is 34.6 Å². The van der Waals surface area contributed by atoms with Crippen LogP contribution in [0.25, 0.3) is 0 Å². The average Bonchev–Trinajstić information content (AvgIpc) is 2.59. The van der Waals surface area contributed by atoms with Crippen molar-refractivity contribution in [2.24, 2.45) is 5.41 Å². The SMILES string of the molecule is CC(=O)c1c(O)cccc1OCC1(COc2cccc(O)c2C(C)=O)COC1. The second kappa shape index (κ2) is 7.90. The Labute approximate surface area is 162 Å². The van der Waals surface area contributed by atoms with E-state index in [1.165, 1.54) is 26.0 Å². The molecule has 28 heavy (non-hydrogen) atoms. The topological polar surface area (TPSA) is 102 Å². The van der Waals surface area contributed by atoms with Crippen LogP contribution in [0.4, 0.5) is 0 Å². The van der Waals surface area contributed by atoms with E-state index in [1.54, 1.807) is 24.3 Å². The Morgan fingerprint density at radius 2 is 1.32 bits per heavy atom. The Kier molecular flexibility index (Phi) is 5.56. The monoisotopic (exact) mass is 386 g/mol. The lowest BCUT2D eigenvalue weighted by Crippen LogP contribution is -2.51. The first kappa shape index (κ1) is 19.7. The van der Waals surface area contributed by atoms with Crippen LogP contribution in [-0.4, -0.2) is 48.2 Å². The van der Waals surface area contributed by atoms with E-state index in [0.717, 1.165) is 0 Å². The highest BCUT2D eigenvalue weighted by Crippen LogP contribution is 2.34. The number of rotatable bonds is 8. The second-order valence-corrected chi connectivity index (χ2v) is 6.98. The van der Waals surface area contributed by atoms with E-state index in [9.17, 15) is 19.8 Å². The first-order valence-corrected chi connectivity index (χ1v) is 8.82. The molecule has 0 amide bonds. The van der Waals surface area contributed by atoms with E-state index in [0.29, 0.717) is 24.7 Å². The minimum atomic E-state index is -0.473. The van der Waals surface area contributed by atoms with Crippen LogP contribution in [0.3, 0.4) is 0 Å². The fourth-order valence-electron chi connectivity index (χ4n) is 3.05. The molecule has 2 aromatic rings. The van der Waals surface area contributed by atoms with Crippen LogP contribution in [0.5, 0.6) is 23.0 Å². The summed E-state index contributed by atoms with van der Waals surface area (Å²) in [5.41, 5.74) is -0.213. The van der Waals surface area contributed by atoms with E-state index in [4.69, 9.17) is 14.2 Å². The second-order valence-electron chi connectivity index (χ2n) is 6.98. The van der Waals surface area contributed by atoms with E-state index in [1.807, 2.05) is 0 Å². The number of Topliss-reactive ketones (excluding diaryl/α,β-unsaturated/α-hetero) is 2. The van der Waals surface area contributed by atoms with Crippen molar-refractivity contribution in [3.8, 4) is 23.0 Å².